The number of hydrogen-bond acceptors (Lipinski definition) is 3. The Morgan fingerprint density at radius 3 is 2.58 bits per heavy atom. The lowest BCUT2D eigenvalue weighted by Gasteiger charge is -2.10. The highest BCUT2D eigenvalue weighted by Crippen LogP contribution is 2.20. The second kappa shape index (κ2) is 9.92. The molecule has 0 heterocycles. The number of ether oxygens (including phenoxy) is 1. The van der Waals surface area contributed by atoms with E-state index in [1.165, 1.54) is 11.6 Å². The van der Waals surface area contributed by atoms with Gasteiger partial charge in [-0.1, -0.05) is 54.0 Å². The van der Waals surface area contributed by atoms with E-state index in [0.717, 1.165) is 16.5 Å². The van der Waals surface area contributed by atoms with E-state index in [1.807, 2.05) is 48.5 Å². The van der Waals surface area contributed by atoms with E-state index in [4.69, 9.17) is 4.74 Å². The fraction of sp³-hybridized carbons (Fsp3) is 0.238. The maximum absolute atomic E-state index is 11.9. The van der Waals surface area contributed by atoms with Gasteiger partial charge in [0.1, 0.15) is 0 Å². The van der Waals surface area contributed by atoms with Crippen molar-refractivity contribution >= 4 is 39.6 Å². The number of rotatable bonds is 7. The van der Waals surface area contributed by atoms with Crippen LogP contribution in [0.3, 0.4) is 0 Å². The molecular weight excluding hydrogens is 394 g/mol. The Hall–Kier alpha value is -2.40. The summed E-state index contributed by atoms with van der Waals surface area (Å²) in [6, 6.07) is 15.2. The SMILES string of the molecule is CC[C@@H](C)c1ccc(NC(=O)COC(=O)/C=C/c2cccc(Br)c2)cc1. The van der Waals surface area contributed by atoms with E-state index in [-0.39, 0.29) is 12.5 Å². The van der Waals surface area contributed by atoms with Crippen LogP contribution >= 0.6 is 15.9 Å². The Bertz CT molecular complexity index is 784. The minimum absolute atomic E-state index is 0.325. The van der Waals surface area contributed by atoms with Crippen molar-refractivity contribution in [2.45, 2.75) is 26.2 Å². The van der Waals surface area contributed by atoms with Crippen LogP contribution in [0.15, 0.2) is 59.1 Å². The molecule has 1 amide bonds. The number of halogens is 1. The van der Waals surface area contributed by atoms with Crippen LogP contribution in [0.1, 0.15) is 37.3 Å². The van der Waals surface area contributed by atoms with Crippen LogP contribution in [-0.2, 0) is 14.3 Å². The van der Waals surface area contributed by atoms with E-state index in [0.29, 0.717) is 11.6 Å². The van der Waals surface area contributed by atoms with Gasteiger partial charge in [0.05, 0.1) is 0 Å². The first-order chi connectivity index (χ1) is 12.5. The van der Waals surface area contributed by atoms with Crippen LogP contribution in [0.5, 0.6) is 0 Å². The number of hydrogen-bond donors (Lipinski definition) is 1. The predicted octanol–water partition coefficient (Wildman–Crippen LogP) is 5.16. The molecule has 0 aliphatic heterocycles. The third-order valence-corrected chi connectivity index (χ3v) is 4.48. The molecule has 5 heteroatoms. The molecule has 0 unspecified atom stereocenters. The lowest BCUT2D eigenvalue weighted by atomic mass is 9.99. The molecule has 2 aromatic carbocycles. The van der Waals surface area contributed by atoms with E-state index < -0.39 is 5.97 Å². The molecule has 136 valence electrons. The minimum atomic E-state index is -0.563. The summed E-state index contributed by atoms with van der Waals surface area (Å²) >= 11 is 3.36. The topological polar surface area (TPSA) is 55.4 Å². The van der Waals surface area contributed by atoms with Gasteiger partial charge in [-0.2, -0.15) is 0 Å². The van der Waals surface area contributed by atoms with E-state index >= 15 is 0 Å². The Morgan fingerprint density at radius 1 is 1.19 bits per heavy atom. The number of amides is 1. The van der Waals surface area contributed by atoms with Crippen molar-refractivity contribution in [2.75, 3.05) is 11.9 Å². The molecule has 0 saturated heterocycles. The van der Waals surface area contributed by atoms with Crippen molar-refractivity contribution in [1.82, 2.24) is 0 Å². The van der Waals surface area contributed by atoms with Crippen LogP contribution < -0.4 is 5.32 Å². The van der Waals surface area contributed by atoms with E-state index in [1.54, 1.807) is 6.08 Å². The molecule has 0 fully saturated rings. The van der Waals surface area contributed by atoms with Crippen LogP contribution in [0, 0.1) is 0 Å². The molecule has 1 atom stereocenters. The second-order valence-corrected chi connectivity index (χ2v) is 6.89. The molecule has 0 spiro atoms. The molecule has 0 saturated carbocycles. The zero-order valence-electron chi connectivity index (χ0n) is 14.9. The molecule has 0 radical (unpaired) electrons. The van der Waals surface area contributed by atoms with Crippen molar-refractivity contribution in [3.63, 3.8) is 0 Å². The van der Waals surface area contributed by atoms with Crippen LogP contribution in [0.4, 0.5) is 5.69 Å². The lowest BCUT2D eigenvalue weighted by molar-refractivity contribution is -0.142. The summed E-state index contributed by atoms with van der Waals surface area (Å²) in [5.74, 6) is -0.449. The number of nitrogens with one attached hydrogen (secondary N) is 1. The number of carbonyl (C=O) groups is 2. The smallest absolute Gasteiger partial charge is 0.331 e. The standard InChI is InChI=1S/C21H22BrNO3/c1-3-15(2)17-8-10-19(11-9-17)23-20(24)14-26-21(25)12-7-16-5-4-6-18(22)13-16/h4-13,15H,3,14H2,1-2H3,(H,23,24)/b12-7+/t15-/m1/s1. The average molecular weight is 416 g/mol. The summed E-state index contributed by atoms with van der Waals surface area (Å²) in [6.07, 6.45) is 4.00. The quantitative estimate of drug-likeness (QED) is 0.501. The van der Waals surface area contributed by atoms with Crippen molar-refractivity contribution in [3.05, 3.63) is 70.2 Å². The first-order valence-electron chi connectivity index (χ1n) is 8.48. The Morgan fingerprint density at radius 2 is 1.92 bits per heavy atom. The van der Waals surface area contributed by atoms with Gasteiger partial charge >= 0.3 is 5.97 Å². The maximum Gasteiger partial charge on any atom is 0.331 e. The molecule has 0 bridgehead atoms. The van der Waals surface area contributed by atoms with Gasteiger partial charge in [-0.15, -0.1) is 0 Å². The van der Waals surface area contributed by atoms with Gasteiger partial charge in [0.25, 0.3) is 5.91 Å². The highest BCUT2D eigenvalue weighted by atomic mass is 79.9. The molecule has 2 aromatic rings. The monoisotopic (exact) mass is 415 g/mol. The van der Waals surface area contributed by atoms with Crippen molar-refractivity contribution < 1.29 is 14.3 Å². The van der Waals surface area contributed by atoms with Gasteiger partial charge in [0.15, 0.2) is 6.61 Å². The van der Waals surface area contributed by atoms with Crippen molar-refractivity contribution in [1.29, 1.82) is 0 Å². The van der Waals surface area contributed by atoms with Gasteiger partial charge in [-0.25, -0.2) is 4.79 Å². The summed E-state index contributed by atoms with van der Waals surface area (Å²) < 4.78 is 5.88. The third-order valence-electron chi connectivity index (χ3n) is 3.98. The van der Waals surface area contributed by atoms with Gasteiger partial charge < -0.3 is 10.1 Å². The fourth-order valence-corrected chi connectivity index (χ4v) is 2.70. The van der Waals surface area contributed by atoms with Gasteiger partial charge in [-0.3, -0.25) is 4.79 Å². The zero-order chi connectivity index (χ0) is 18.9. The Balaban J connectivity index is 1.80. The molecule has 0 aliphatic carbocycles. The van der Waals surface area contributed by atoms with E-state index in [2.05, 4.69) is 35.1 Å². The third kappa shape index (κ3) is 6.48. The Labute approximate surface area is 162 Å². The number of carbonyl (C=O) groups excluding carboxylic acids is 2. The maximum atomic E-state index is 11.9. The second-order valence-electron chi connectivity index (χ2n) is 5.98. The first-order valence-corrected chi connectivity index (χ1v) is 9.27. The summed E-state index contributed by atoms with van der Waals surface area (Å²) in [5.41, 5.74) is 2.78. The molecular formula is C21H22BrNO3. The van der Waals surface area contributed by atoms with Gasteiger partial charge in [0, 0.05) is 16.2 Å². The minimum Gasteiger partial charge on any atom is -0.452 e. The largest absolute Gasteiger partial charge is 0.452 e. The number of esters is 1. The molecule has 1 N–H and O–H groups in total. The summed E-state index contributed by atoms with van der Waals surface area (Å²) in [6.45, 7) is 3.98. The highest BCUT2D eigenvalue weighted by Gasteiger charge is 2.07. The summed E-state index contributed by atoms with van der Waals surface area (Å²) in [4.78, 5) is 23.6. The highest BCUT2D eigenvalue weighted by molar-refractivity contribution is 9.10. The predicted molar refractivity (Wildman–Crippen MR) is 108 cm³/mol. The van der Waals surface area contributed by atoms with Gasteiger partial charge in [-0.05, 0) is 53.8 Å². The molecule has 4 nitrogen and oxygen atoms in total. The lowest BCUT2D eigenvalue weighted by Crippen LogP contribution is -2.20. The van der Waals surface area contributed by atoms with Crippen LogP contribution in [-0.4, -0.2) is 18.5 Å². The van der Waals surface area contributed by atoms with Crippen LogP contribution in [0.25, 0.3) is 6.08 Å². The van der Waals surface area contributed by atoms with Crippen molar-refractivity contribution in [2.24, 2.45) is 0 Å². The average Bonchev–Trinajstić information content (AvgIpc) is 2.64. The normalized spacial score (nSPS) is 12.0. The van der Waals surface area contributed by atoms with Crippen LogP contribution in [0.2, 0.25) is 0 Å². The van der Waals surface area contributed by atoms with Crippen molar-refractivity contribution in [3.8, 4) is 0 Å². The zero-order valence-corrected chi connectivity index (χ0v) is 16.5. The molecule has 0 aromatic heterocycles. The molecule has 0 aliphatic rings. The van der Waals surface area contributed by atoms with E-state index in [9.17, 15) is 9.59 Å². The summed E-state index contributed by atoms with van der Waals surface area (Å²) in [5, 5.41) is 2.72. The molecule has 26 heavy (non-hydrogen) atoms. The first kappa shape index (κ1) is 19.9. The fourth-order valence-electron chi connectivity index (χ4n) is 2.29. The summed E-state index contributed by atoms with van der Waals surface area (Å²) in [7, 11) is 0. The Kier molecular flexibility index (Phi) is 7.60. The van der Waals surface area contributed by atoms with Gasteiger partial charge in [0.2, 0.25) is 0 Å². The number of benzene rings is 2. The number of anilines is 1. The molecule has 2 rings (SSSR count).